The molecular weight excluding hydrogens is 350 g/mol. The van der Waals surface area contributed by atoms with Gasteiger partial charge < -0.3 is 20.5 Å². The maximum Gasteiger partial charge on any atom is 0.228 e. The molecule has 6 nitrogen and oxygen atoms in total. The van der Waals surface area contributed by atoms with Crippen molar-refractivity contribution < 1.29 is 14.3 Å². The topological polar surface area (TPSA) is 86.5 Å². The minimum Gasteiger partial charge on any atom is -0.493 e. The minimum atomic E-state index is -0.108. The summed E-state index contributed by atoms with van der Waals surface area (Å²) in [6, 6.07) is 12.9. The maximum absolute atomic E-state index is 12.3. The van der Waals surface area contributed by atoms with Crippen LogP contribution in [0.1, 0.15) is 5.56 Å². The number of hydrogen-bond donors (Lipinski definition) is 2. The number of ether oxygens (including phenoxy) is 2. The van der Waals surface area contributed by atoms with Gasteiger partial charge in [-0.3, -0.25) is 4.79 Å². The molecule has 0 aliphatic heterocycles. The molecule has 1 amide bonds. The Kier molecular flexibility index (Phi) is 5.38. The fourth-order valence-electron chi connectivity index (χ4n) is 2.53. The molecule has 3 rings (SSSR count). The zero-order valence-electron chi connectivity index (χ0n) is 14.5. The number of anilines is 2. The molecule has 0 aliphatic carbocycles. The number of nitrogens with one attached hydrogen (secondary N) is 1. The van der Waals surface area contributed by atoms with E-state index in [0.29, 0.717) is 16.6 Å². The van der Waals surface area contributed by atoms with Gasteiger partial charge in [-0.1, -0.05) is 18.2 Å². The Balaban J connectivity index is 1.64. The van der Waals surface area contributed by atoms with E-state index in [1.54, 1.807) is 26.4 Å². The van der Waals surface area contributed by atoms with Gasteiger partial charge in [0.1, 0.15) is 0 Å². The molecule has 3 aromatic rings. The molecule has 26 heavy (non-hydrogen) atoms. The number of rotatable bonds is 6. The summed E-state index contributed by atoms with van der Waals surface area (Å²) in [4.78, 5) is 16.5. The van der Waals surface area contributed by atoms with Crippen molar-refractivity contribution in [3.8, 4) is 22.8 Å². The lowest BCUT2D eigenvalue weighted by Gasteiger charge is -2.10. The van der Waals surface area contributed by atoms with Crippen molar-refractivity contribution in [2.24, 2.45) is 0 Å². The molecule has 0 aliphatic rings. The van der Waals surface area contributed by atoms with Gasteiger partial charge in [0.05, 0.1) is 26.3 Å². The zero-order valence-corrected chi connectivity index (χ0v) is 15.3. The van der Waals surface area contributed by atoms with Crippen LogP contribution in [-0.4, -0.2) is 25.1 Å². The van der Waals surface area contributed by atoms with Crippen LogP contribution in [0.15, 0.2) is 47.8 Å². The number of nitrogens with two attached hydrogens (primary N) is 1. The maximum atomic E-state index is 12.3. The van der Waals surface area contributed by atoms with Crippen molar-refractivity contribution in [1.82, 2.24) is 4.98 Å². The van der Waals surface area contributed by atoms with Gasteiger partial charge in [-0.15, -0.1) is 11.3 Å². The van der Waals surface area contributed by atoms with Crippen molar-refractivity contribution >= 4 is 28.1 Å². The number of carbonyl (C=O) groups is 1. The first kappa shape index (κ1) is 17.8. The van der Waals surface area contributed by atoms with Crippen molar-refractivity contribution in [3.05, 3.63) is 53.4 Å². The van der Waals surface area contributed by atoms with E-state index in [1.165, 1.54) is 11.3 Å². The fourth-order valence-corrected chi connectivity index (χ4v) is 3.10. The highest BCUT2D eigenvalue weighted by Crippen LogP contribution is 2.28. The lowest BCUT2D eigenvalue weighted by atomic mass is 10.1. The van der Waals surface area contributed by atoms with Crippen molar-refractivity contribution in [1.29, 1.82) is 0 Å². The minimum absolute atomic E-state index is 0.108. The summed E-state index contributed by atoms with van der Waals surface area (Å²) < 4.78 is 10.5. The Morgan fingerprint density at radius 2 is 1.85 bits per heavy atom. The molecular formula is C19H19N3O3S. The summed E-state index contributed by atoms with van der Waals surface area (Å²) in [7, 11) is 3.15. The molecule has 1 aromatic heterocycles. The van der Waals surface area contributed by atoms with Crippen LogP contribution in [0.3, 0.4) is 0 Å². The standard InChI is InChI=1S/C19H19N3O3S/c1-24-16-8-3-12(9-17(16)25-2)10-18(23)21-14-6-4-13(5-7-14)15-11-26-19(20)22-15/h3-9,11H,10H2,1-2H3,(H2,20,22)(H,21,23). The fraction of sp³-hybridized carbons (Fsp3) is 0.158. The van der Waals surface area contributed by atoms with Crippen LogP contribution < -0.4 is 20.5 Å². The molecule has 134 valence electrons. The second-order valence-corrected chi connectivity index (χ2v) is 6.45. The molecule has 1 heterocycles. The Labute approximate surface area is 155 Å². The van der Waals surface area contributed by atoms with Crippen LogP contribution in [0.5, 0.6) is 11.5 Å². The van der Waals surface area contributed by atoms with Crippen LogP contribution in [0.25, 0.3) is 11.3 Å². The Hall–Kier alpha value is -3.06. The largest absolute Gasteiger partial charge is 0.493 e. The van der Waals surface area contributed by atoms with Gasteiger partial charge in [0.15, 0.2) is 16.6 Å². The highest BCUT2D eigenvalue weighted by Gasteiger charge is 2.09. The van der Waals surface area contributed by atoms with Gasteiger partial charge in [-0.05, 0) is 29.8 Å². The van der Waals surface area contributed by atoms with E-state index in [-0.39, 0.29) is 12.3 Å². The third-order valence-corrected chi connectivity index (χ3v) is 4.47. The molecule has 0 bridgehead atoms. The first-order valence-corrected chi connectivity index (χ1v) is 8.79. The highest BCUT2D eigenvalue weighted by atomic mass is 32.1. The number of methoxy groups -OCH3 is 2. The summed E-state index contributed by atoms with van der Waals surface area (Å²) in [5.41, 5.74) is 9.01. The van der Waals surface area contributed by atoms with E-state index in [4.69, 9.17) is 15.2 Å². The van der Waals surface area contributed by atoms with E-state index in [0.717, 1.165) is 22.5 Å². The summed E-state index contributed by atoms with van der Waals surface area (Å²) in [6.07, 6.45) is 0.241. The van der Waals surface area contributed by atoms with E-state index in [2.05, 4.69) is 10.3 Å². The second-order valence-electron chi connectivity index (χ2n) is 5.56. The summed E-state index contributed by atoms with van der Waals surface area (Å²) in [5.74, 6) is 1.13. The third-order valence-electron chi connectivity index (χ3n) is 3.80. The molecule has 0 fully saturated rings. The molecule has 0 atom stereocenters. The van der Waals surface area contributed by atoms with Gasteiger partial charge in [-0.2, -0.15) is 0 Å². The molecule has 3 N–H and O–H groups in total. The quantitative estimate of drug-likeness (QED) is 0.693. The monoisotopic (exact) mass is 369 g/mol. The predicted molar refractivity (Wildman–Crippen MR) is 104 cm³/mol. The molecule has 2 aromatic carbocycles. The number of carbonyl (C=O) groups excluding carboxylic acids is 1. The number of aromatic nitrogens is 1. The number of hydrogen-bond acceptors (Lipinski definition) is 6. The number of nitrogens with zero attached hydrogens (tertiary/aromatic N) is 1. The Bertz CT molecular complexity index is 907. The highest BCUT2D eigenvalue weighted by molar-refractivity contribution is 7.13. The van der Waals surface area contributed by atoms with Crippen LogP contribution >= 0.6 is 11.3 Å². The van der Waals surface area contributed by atoms with Gasteiger partial charge in [0.25, 0.3) is 0 Å². The molecule has 7 heteroatoms. The second kappa shape index (κ2) is 7.88. The van der Waals surface area contributed by atoms with Gasteiger partial charge in [-0.25, -0.2) is 4.98 Å². The molecule has 0 saturated carbocycles. The first-order valence-electron chi connectivity index (χ1n) is 7.91. The average molecular weight is 369 g/mol. The normalized spacial score (nSPS) is 10.4. The SMILES string of the molecule is COc1ccc(CC(=O)Nc2ccc(-c3csc(N)n3)cc2)cc1OC. The average Bonchev–Trinajstić information content (AvgIpc) is 3.08. The zero-order chi connectivity index (χ0) is 18.5. The van der Waals surface area contributed by atoms with Gasteiger partial charge in [0.2, 0.25) is 5.91 Å². The van der Waals surface area contributed by atoms with E-state index < -0.39 is 0 Å². The molecule has 0 saturated heterocycles. The van der Waals surface area contributed by atoms with E-state index in [1.807, 2.05) is 35.7 Å². The van der Waals surface area contributed by atoms with E-state index in [9.17, 15) is 4.79 Å². The molecule has 0 radical (unpaired) electrons. The van der Waals surface area contributed by atoms with Gasteiger partial charge in [0, 0.05) is 16.6 Å². The smallest absolute Gasteiger partial charge is 0.228 e. The molecule has 0 unspecified atom stereocenters. The Morgan fingerprint density at radius 3 is 2.46 bits per heavy atom. The van der Waals surface area contributed by atoms with Gasteiger partial charge >= 0.3 is 0 Å². The molecule has 0 spiro atoms. The van der Waals surface area contributed by atoms with Crippen LogP contribution in [0, 0.1) is 0 Å². The lowest BCUT2D eigenvalue weighted by molar-refractivity contribution is -0.115. The first-order chi connectivity index (χ1) is 12.6. The van der Waals surface area contributed by atoms with Crippen molar-refractivity contribution in [2.45, 2.75) is 6.42 Å². The Morgan fingerprint density at radius 1 is 1.12 bits per heavy atom. The van der Waals surface area contributed by atoms with Crippen LogP contribution in [-0.2, 0) is 11.2 Å². The van der Waals surface area contributed by atoms with E-state index >= 15 is 0 Å². The number of benzene rings is 2. The van der Waals surface area contributed by atoms with Crippen molar-refractivity contribution in [2.75, 3.05) is 25.3 Å². The predicted octanol–water partition coefficient (Wildman–Crippen LogP) is 3.59. The third kappa shape index (κ3) is 4.12. The number of nitrogen functional groups attached to an aromatic ring is 1. The number of thiazole rings is 1. The summed E-state index contributed by atoms with van der Waals surface area (Å²) in [5, 5.41) is 5.32. The van der Waals surface area contributed by atoms with Crippen LogP contribution in [0.4, 0.5) is 10.8 Å². The van der Waals surface area contributed by atoms with Crippen LogP contribution in [0.2, 0.25) is 0 Å². The summed E-state index contributed by atoms with van der Waals surface area (Å²) in [6.45, 7) is 0. The van der Waals surface area contributed by atoms with Crippen molar-refractivity contribution in [3.63, 3.8) is 0 Å². The number of amides is 1. The lowest BCUT2D eigenvalue weighted by Crippen LogP contribution is -2.14. The summed E-state index contributed by atoms with van der Waals surface area (Å²) >= 11 is 1.40.